The first-order valence-corrected chi connectivity index (χ1v) is 26.4. The van der Waals surface area contributed by atoms with Gasteiger partial charge in [0.2, 0.25) is 11.8 Å². The smallest absolute Gasteiger partial charge is 0.473 e. The van der Waals surface area contributed by atoms with Gasteiger partial charge in [0.25, 0.3) is 0 Å². The van der Waals surface area contributed by atoms with Crippen molar-refractivity contribution in [3.8, 4) is 22.9 Å². The van der Waals surface area contributed by atoms with Gasteiger partial charge in [-0.15, -0.1) is 0 Å². The molecule has 5 aliphatic rings. The number of fused-ring (bicyclic) bond motifs is 6. The number of aromatic nitrogens is 2. The summed E-state index contributed by atoms with van der Waals surface area (Å²) in [5, 5.41) is 0. The average Bonchev–Trinajstić information content (AvgIpc) is 4.16. The summed E-state index contributed by atoms with van der Waals surface area (Å²) in [4.78, 5) is 32.9. The zero-order chi connectivity index (χ0) is 52.8. The van der Waals surface area contributed by atoms with Gasteiger partial charge in [0.05, 0.1) is 36.3 Å². The quantitative estimate of drug-likeness (QED) is 0.0866. The van der Waals surface area contributed by atoms with Crippen LogP contribution in [-0.4, -0.2) is 53.4 Å². The second kappa shape index (κ2) is 21.3. The largest absolute Gasteiger partial charge is 0.494 e. The van der Waals surface area contributed by atoms with Crippen LogP contribution in [-0.2, 0) is 54.4 Å². The first-order valence-electron chi connectivity index (χ1n) is 25.6. The number of halogens is 3. The molecule has 3 fully saturated rings. The molecule has 2 aromatic heterocycles. The molecule has 74 heavy (non-hydrogen) atoms. The van der Waals surface area contributed by atoms with E-state index in [1.807, 2.05) is 71.9 Å². The van der Waals surface area contributed by atoms with Crippen LogP contribution in [0.2, 0.25) is 0 Å². The third kappa shape index (κ3) is 10.8. The molecule has 4 aromatic carbocycles. The number of pyridine rings is 2. The Hall–Kier alpha value is -5.96. The fourth-order valence-electron chi connectivity index (χ4n) is 10.9. The maximum absolute atomic E-state index is 14.5. The number of hydrogen-bond donors (Lipinski definition) is 0. The zero-order valence-corrected chi connectivity index (χ0v) is 45.4. The van der Waals surface area contributed by atoms with Crippen LogP contribution >= 0.6 is 15.9 Å². The number of nitrogens with zero attached hydrogens (tertiary/aromatic N) is 2. The van der Waals surface area contributed by atoms with Crippen molar-refractivity contribution < 1.29 is 46.6 Å². The van der Waals surface area contributed by atoms with Crippen molar-refractivity contribution in [1.82, 2.24) is 9.97 Å². The fourth-order valence-corrected chi connectivity index (χ4v) is 11.1. The highest BCUT2D eigenvalue weighted by molar-refractivity contribution is 9.10. The zero-order valence-electron chi connectivity index (χ0n) is 43.8. The molecule has 1 aliphatic heterocycles. The lowest BCUT2D eigenvalue weighted by atomic mass is 9.78. The predicted octanol–water partition coefficient (Wildman–Crippen LogP) is 12.1. The van der Waals surface area contributed by atoms with Crippen LogP contribution < -0.4 is 14.9 Å². The molecule has 1 saturated heterocycles. The lowest BCUT2D eigenvalue weighted by Gasteiger charge is -2.32. The van der Waals surface area contributed by atoms with E-state index in [1.54, 1.807) is 24.5 Å². The van der Waals surface area contributed by atoms with E-state index in [-0.39, 0.29) is 60.5 Å². The van der Waals surface area contributed by atoms with E-state index in [0.717, 1.165) is 62.8 Å². The lowest BCUT2D eigenvalue weighted by molar-refractivity contribution is -0.146. The molecule has 6 aromatic rings. The standard InChI is InChI=1S/C27H26FNO3.C25H29BFNO5.C8H9Br/c1-4-31-27(30)26-20-11-18-12-23(29-13-21(18)25(20)26)32-14-19-10-17(8-9-22(19)28)24-15(2)6-5-7-16(24)3;1-6-30-23(29)22-17-10-14-11-20(28-12-18(14)21(17)22)31-13-15-9-16(7-8-19(15)27)26-32-24(2,3)25(4,5)33-26;1-6-4-3-5-7(2)8(6)9/h5-10,12-13,20,25-26H,4,11,14H2,1-3H3;7-9,11-12,17,21-22H,6,10,13H2,1-5H3;3-5H,1-2H3/t20-,25-,26+;17-,21-,22+;/m11./s1. The van der Waals surface area contributed by atoms with Crippen molar-refractivity contribution >= 4 is 40.4 Å². The highest BCUT2D eigenvalue weighted by Gasteiger charge is 2.61. The highest BCUT2D eigenvalue weighted by Crippen LogP contribution is 2.63. The minimum Gasteiger partial charge on any atom is -0.473 e. The molecule has 0 spiro atoms. The first-order chi connectivity index (χ1) is 35.3. The number of carbonyl (C=O) groups excluding carboxylic acids is 2. The van der Waals surface area contributed by atoms with Crippen LogP contribution in [0.1, 0.15) is 109 Å². The minimum absolute atomic E-state index is 0.0299. The molecule has 0 bridgehead atoms. The van der Waals surface area contributed by atoms with E-state index in [9.17, 15) is 18.4 Å². The van der Waals surface area contributed by atoms with Gasteiger partial charge in [0.1, 0.15) is 24.8 Å². The van der Waals surface area contributed by atoms with Crippen LogP contribution in [0.5, 0.6) is 11.8 Å². The van der Waals surface area contributed by atoms with Crippen molar-refractivity contribution in [1.29, 1.82) is 0 Å². The van der Waals surface area contributed by atoms with Gasteiger partial charge < -0.3 is 28.3 Å². The molecule has 0 amide bonds. The Morgan fingerprint density at radius 1 is 0.649 bits per heavy atom. The number of carbonyl (C=O) groups is 2. The third-order valence-corrected chi connectivity index (χ3v) is 16.9. The van der Waals surface area contributed by atoms with E-state index in [2.05, 4.69) is 83.9 Å². The van der Waals surface area contributed by atoms with Crippen LogP contribution in [0.4, 0.5) is 8.78 Å². The molecule has 0 N–H and O–H groups in total. The molecule has 10 nitrogen and oxygen atoms in total. The average molecular weight is 1070 g/mol. The number of aryl methyl sites for hydroxylation is 4. The van der Waals surface area contributed by atoms with E-state index in [0.29, 0.717) is 47.9 Å². The van der Waals surface area contributed by atoms with Crippen molar-refractivity contribution in [3.63, 3.8) is 0 Å². The summed E-state index contributed by atoms with van der Waals surface area (Å²) in [6.45, 7) is 20.9. The second-order valence-corrected chi connectivity index (χ2v) is 21.9. The Kier molecular flexibility index (Phi) is 15.3. The molecule has 2 saturated carbocycles. The Labute approximate surface area is 442 Å². The maximum atomic E-state index is 14.5. The monoisotopic (exact) mass is 1070 g/mol. The number of ether oxygens (including phenoxy) is 4. The summed E-state index contributed by atoms with van der Waals surface area (Å²) in [7, 11) is -0.563. The van der Waals surface area contributed by atoms with Gasteiger partial charge in [-0.1, -0.05) is 70.5 Å². The highest BCUT2D eigenvalue weighted by atomic mass is 79.9. The van der Waals surface area contributed by atoms with Crippen molar-refractivity contribution in [2.75, 3.05) is 13.2 Å². The van der Waals surface area contributed by atoms with Gasteiger partial charge >= 0.3 is 19.1 Å². The summed E-state index contributed by atoms with van der Waals surface area (Å²) in [5.74, 6) is 1.02. The molecule has 6 atom stereocenters. The van der Waals surface area contributed by atoms with E-state index in [4.69, 9.17) is 28.3 Å². The summed E-state index contributed by atoms with van der Waals surface area (Å²) in [6.07, 6.45) is 5.23. The van der Waals surface area contributed by atoms with Gasteiger partial charge in [-0.25, -0.2) is 18.7 Å². The molecule has 4 aliphatic carbocycles. The van der Waals surface area contributed by atoms with Gasteiger partial charge in [0, 0.05) is 52.0 Å². The maximum Gasteiger partial charge on any atom is 0.494 e. The van der Waals surface area contributed by atoms with Gasteiger partial charge in [-0.2, -0.15) is 0 Å². The SMILES string of the molecule is CCOC(=O)[C@H]1[C@@H]2Cc3cc(OCc4cc(-c5c(C)cccc5C)ccc4F)ncc3[C@@H]21.CCOC(=O)[C@H]1[C@@H]2Cc3cc(OCc4cc(B5OC(C)(C)C(C)(C)O5)ccc4F)ncc3[C@@H]21.Cc1cccc(C)c1Br. The minimum atomic E-state index is -0.563. The molecule has 11 rings (SSSR count). The predicted molar refractivity (Wildman–Crippen MR) is 284 cm³/mol. The molecular formula is C60H64BBrF2N2O8. The van der Waals surface area contributed by atoms with E-state index < -0.39 is 18.3 Å². The summed E-state index contributed by atoms with van der Waals surface area (Å²) < 4.78 is 64.4. The number of esters is 2. The fraction of sp³-hybridized carbons (Fsp3) is 0.400. The Balaban J connectivity index is 0.000000156. The molecule has 0 unspecified atom stereocenters. The van der Waals surface area contributed by atoms with E-state index in [1.165, 1.54) is 27.7 Å². The van der Waals surface area contributed by atoms with Gasteiger partial charge in [-0.3, -0.25) is 9.59 Å². The molecular weight excluding hydrogens is 1010 g/mol. The Morgan fingerprint density at radius 3 is 1.55 bits per heavy atom. The van der Waals surface area contributed by atoms with Crippen LogP contribution in [0.15, 0.2) is 102 Å². The normalized spacial score (nSPS) is 21.6. The van der Waals surface area contributed by atoms with Crippen molar-refractivity contribution in [2.45, 2.75) is 118 Å². The molecule has 386 valence electrons. The third-order valence-electron chi connectivity index (χ3n) is 15.6. The van der Waals surface area contributed by atoms with Crippen LogP contribution in [0, 0.1) is 63.0 Å². The second-order valence-electron chi connectivity index (χ2n) is 21.1. The lowest BCUT2D eigenvalue weighted by Crippen LogP contribution is -2.41. The topological polar surface area (TPSA) is 115 Å². The summed E-state index contributed by atoms with van der Waals surface area (Å²) in [5.41, 5.74) is 12.3. The van der Waals surface area contributed by atoms with Gasteiger partial charge in [0.15, 0.2) is 0 Å². The number of benzene rings is 4. The summed E-state index contributed by atoms with van der Waals surface area (Å²) in [6, 6.07) is 26.2. The first kappa shape index (κ1) is 52.9. The Morgan fingerprint density at radius 2 is 1.09 bits per heavy atom. The van der Waals surface area contributed by atoms with Gasteiger partial charge in [-0.05, 0) is 173 Å². The van der Waals surface area contributed by atoms with Crippen molar-refractivity contribution in [2.24, 2.45) is 23.7 Å². The van der Waals surface area contributed by atoms with Crippen molar-refractivity contribution in [3.05, 3.63) is 169 Å². The number of rotatable bonds is 12. The number of hydrogen-bond acceptors (Lipinski definition) is 10. The van der Waals surface area contributed by atoms with Crippen LogP contribution in [0.3, 0.4) is 0 Å². The Bertz CT molecular complexity index is 3060. The molecule has 0 radical (unpaired) electrons. The summed E-state index contributed by atoms with van der Waals surface area (Å²) >= 11 is 3.48. The molecule has 14 heteroatoms. The molecule has 3 heterocycles. The van der Waals surface area contributed by atoms with E-state index >= 15 is 0 Å². The van der Waals surface area contributed by atoms with Crippen LogP contribution in [0.25, 0.3) is 11.1 Å².